The lowest BCUT2D eigenvalue weighted by atomic mass is 9.82. The topological polar surface area (TPSA) is 21.6 Å². The molecule has 2 unspecified atom stereocenters. The molecule has 2 aromatic carbocycles. The van der Waals surface area contributed by atoms with E-state index in [2.05, 4.69) is 66.8 Å². The quantitative estimate of drug-likeness (QED) is 0.764. The van der Waals surface area contributed by atoms with E-state index in [1.165, 1.54) is 16.7 Å². The van der Waals surface area contributed by atoms with Gasteiger partial charge >= 0.3 is 0 Å². The van der Waals surface area contributed by atoms with Gasteiger partial charge in [-0.15, -0.1) is 0 Å². The molecule has 0 N–H and O–H groups in total. The van der Waals surface area contributed by atoms with E-state index in [1.807, 2.05) is 12.1 Å². The molecule has 2 nitrogen and oxygen atoms in total. The fraction of sp³-hybridized carbons (Fsp3) is 0.0952. The fourth-order valence-electron chi connectivity index (χ4n) is 3.62. The summed E-state index contributed by atoms with van der Waals surface area (Å²) in [6, 6.07) is 18.9. The number of ether oxygens (including phenoxy) is 1. The van der Waals surface area contributed by atoms with Gasteiger partial charge < -0.3 is 4.74 Å². The van der Waals surface area contributed by atoms with E-state index < -0.39 is 0 Å². The maximum absolute atomic E-state index is 6.12. The SMILES string of the molecule is C1=CC2N=C3Oc4ccccc4C(c4ccccc4)=C3C2C=C1. The van der Waals surface area contributed by atoms with E-state index in [1.54, 1.807) is 0 Å². The molecule has 3 aliphatic rings. The van der Waals surface area contributed by atoms with Crippen LogP contribution < -0.4 is 4.74 Å². The Labute approximate surface area is 135 Å². The normalized spacial score (nSPS) is 23.7. The summed E-state index contributed by atoms with van der Waals surface area (Å²) >= 11 is 0. The molecule has 5 rings (SSSR count). The minimum atomic E-state index is 0.151. The molecule has 0 amide bonds. The predicted octanol–water partition coefficient (Wildman–Crippen LogP) is 4.40. The Balaban J connectivity index is 1.82. The van der Waals surface area contributed by atoms with Crippen molar-refractivity contribution in [3.8, 4) is 5.75 Å². The van der Waals surface area contributed by atoms with Crippen molar-refractivity contribution in [2.75, 3.05) is 0 Å². The third-order valence-corrected chi connectivity index (χ3v) is 4.63. The van der Waals surface area contributed by atoms with Crippen molar-refractivity contribution in [1.82, 2.24) is 0 Å². The second kappa shape index (κ2) is 4.82. The number of para-hydroxylation sites is 1. The van der Waals surface area contributed by atoms with Gasteiger partial charge in [-0.1, -0.05) is 72.8 Å². The standard InChI is InChI=1S/C21H15NO/c1-2-8-14(9-3-1)19-16-11-5-7-13-18(16)23-21-20(19)15-10-4-6-12-17(15)22-21/h1-13,15,17H. The maximum Gasteiger partial charge on any atom is 0.219 e. The molecule has 2 aromatic rings. The Morgan fingerprint density at radius 2 is 1.61 bits per heavy atom. The molecule has 2 aliphatic heterocycles. The van der Waals surface area contributed by atoms with Crippen LogP contribution in [0.3, 0.4) is 0 Å². The van der Waals surface area contributed by atoms with Gasteiger partial charge in [0.2, 0.25) is 5.90 Å². The first-order valence-corrected chi connectivity index (χ1v) is 7.92. The molecule has 2 heteroatoms. The van der Waals surface area contributed by atoms with Gasteiger partial charge in [0.15, 0.2) is 0 Å². The molecular formula is C21H15NO. The highest BCUT2D eigenvalue weighted by atomic mass is 16.5. The number of benzene rings is 2. The van der Waals surface area contributed by atoms with Crippen LogP contribution in [0.4, 0.5) is 0 Å². The summed E-state index contributed by atoms with van der Waals surface area (Å²) in [6.07, 6.45) is 8.56. The lowest BCUT2D eigenvalue weighted by Gasteiger charge is -2.25. The van der Waals surface area contributed by atoms with Crippen LogP contribution in [0.1, 0.15) is 11.1 Å². The Hall–Kier alpha value is -2.87. The first-order chi connectivity index (χ1) is 11.4. The third-order valence-electron chi connectivity index (χ3n) is 4.63. The summed E-state index contributed by atoms with van der Waals surface area (Å²) in [7, 11) is 0. The van der Waals surface area contributed by atoms with E-state index in [-0.39, 0.29) is 12.0 Å². The van der Waals surface area contributed by atoms with Gasteiger partial charge in [-0.05, 0) is 11.6 Å². The molecule has 1 aliphatic carbocycles. The molecular weight excluding hydrogens is 282 g/mol. The van der Waals surface area contributed by atoms with Gasteiger partial charge in [0.05, 0.1) is 6.04 Å². The molecule has 0 saturated heterocycles. The summed E-state index contributed by atoms with van der Waals surface area (Å²) in [5, 5.41) is 0. The average molecular weight is 297 g/mol. The Kier molecular flexibility index (Phi) is 2.65. The summed E-state index contributed by atoms with van der Waals surface area (Å²) in [4.78, 5) is 4.81. The zero-order valence-electron chi connectivity index (χ0n) is 12.5. The van der Waals surface area contributed by atoms with E-state index in [0.717, 1.165) is 17.2 Å². The molecule has 23 heavy (non-hydrogen) atoms. The lowest BCUT2D eigenvalue weighted by Crippen LogP contribution is -2.21. The molecule has 0 fully saturated rings. The number of hydrogen-bond donors (Lipinski definition) is 0. The van der Waals surface area contributed by atoms with Crippen molar-refractivity contribution < 1.29 is 4.74 Å². The van der Waals surface area contributed by atoms with Crippen molar-refractivity contribution >= 4 is 11.5 Å². The van der Waals surface area contributed by atoms with Gasteiger partial charge in [-0.25, -0.2) is 4.99 Å². The number of aliphatic imine (C=N–C) groups is 1. The molecule has 0 bridgehead atoms. The highest BCUT2D eigenvalue weighted by Crippen LogP contribution is 2.45. The molecule has 0 radical (unpaired) electrons. The number of allylic oxidation sites excluding steroid dienone is 2. The first kappa shape index (κ1) is 12.7. The van der Waals surface area contributed by atoms with Gasteiger partial charge in [0, 0.05) is 22.6 Å². The lowest BCUT2D eigenvalue weighted by molar-refractivity contribution is 0.546. The average Bonchev–Trinajstić information content (AvgIpc) is 2.98. The Morgan fingerprint density at radius 1 is 0.826 bits per heavy atom. The number of nitrogens with zero attached hydrogens (tertiary/aromatic N) is 1. The van der Waals surface area contributed by atoms with Crippen molar-refractivity contribution in [3.05, 3.63) is 95.6 Å². The highest BCUT2D eigenvalue weighted by molar-refractivity contribution is 6.11. The van der Waals surface area contributed by atoms with Gasteiger partial charge in [-0.2, -0.15) is 0 Å². The van der Waals surface area contributed by atoms with E-state index in [0.29, 0.717) is 0 Å². The van der Waals surface area contributed by atoms with E-state index in [9.17, 15) is 0 Å². The Morgan fingerprint density at radius 3 is 2.52 bits per heavy atom. The second-order valence-electron chi connectivity index (χ2n) is 5.97. The van der Waals surface area contributed by atoms with Crippen molar-refractivity contribution in [2.45, 2.75) is 6.04 Å². The van der Waals surface area contributed by atoms with Crippen LogP contribution in [-0.2, 0) is 0 Å². The third kappa shape index (κ3) is 1.85. The van der Waals surface area contributed by atoms with Crippen LogP contribution in [0.5, 0.6) is 5.75 Å². The van der Waals surface area contributed by atoms with Crippen LogP contribution in [0.25, 0.3) is 5.57 Å². The Bertz CT molecular complexity index is 902. The fourth-order valence-corrected chi connectivity index (χ4v) is 3.62. The minimum Gasteiger partial charge on any atom is -0.438 e. The number of fused-ring (bicyclic) bond motifs is 4. The van der Waals surface area contributed by atoms with Crippen molar-refractivity contribution in [1.29, 1.82) is 0 Å². The van der Waals surface area contributed by atoms with Crippen LogP contribution in [0.2, 0.25) is 0 Å². The monoisotopic (exact) mass is 297 g/mol. The van der Waals surface area contributed by atoms with Gasteiger partial charge in [0.25, 0.3) is 0 Å². The molecule has 0 saturated carbocycles. The van der Waals surface area contributed by atoms with Crippen LogP contribution in [-0.4, -0.2) is 11.9 Å². The van der Waals surface area contributed by atoms with Crippen molar-refractivity contribution in [3.63, 3.8) is 0 Å². The molecule has 0 aromatic heterocycles. The number of hydrogen-bond acceptors (Lipinski definition) is 2. The van der Waals surface area contributed by atoms with Crippen LogP contribution >= 0.6 is 0 Å². The van der Waals surface area contributed by atoms with Crippen molar-refractivity contribution in [2.24, 2.45) is 10.9 Å². The van der Waals surface area contributed by atoms with Gasteiger partial charge in [0.1, 0.15) is 5.75 Å². The summed E-state index contributed by atoms with van der Waals surface area (Å²) in [6.45, 7) is 0. The van der Waals surface area contributed by atoms with E-state index >= 15 is 0 Å². The second-order valence-corrected chi connectivity index (χ2v) is 5.97. The first-order valence-electron chi connectivity index (χ1n) is 7.92. The minimum absolute atomic E-state index is 0.151. The van der Waals surface area contributed by atoms with Crippen LogP contribution in [0.15, 0.2) is 89.5 Å². The van der Waals surface area contributed by atoms with Crippen LogP contribution in [0, 0.1) is 5.92 Å². The highest BCUT2D eigenvalue weighted by Gasteiger charge is 2.39. The summed E-state index contributed by atoms with van der Waals surface area (Å²) in [5.74, 6) is 1.92. The molecule has 2 atom stereocenters. The maximum atomic E-state index is 6.12. The molecule has 0 spiro atoms. The smallest absolute Gasteiger partial charge is 0.219 e. The number of rotatable bonds is 1. The molecule has 2 heterocycles. The predicted molar refractivity (Wildman–Crippen MR) is 92.5 cm³/mol. The van der Waals surface area contributed by atoms with Gasteiger partial charge in [-0.3, -0.25) is 0 Å². The largest absolute Gasteiger partial charge is 0.438 e. The summed E-state index contributed by atoms with van der Waals surface area (Å²) in [5.41, 5.74) is 4.82. The zero-order valence-corrected chi connectivity index (χ0v) is 12.5. The summed E-state index contributed by atoms with van der Waals surface area (Å²) < 4.78 is 6.12. The molecule has 110 valence electrons. The van der Waals surface area contributed by atoms with E-state index in [4.69, 9.17) is 9.73 Å². The zero-order chi connectivity index (χ0) is 15.2.